The van der Waals surface area contributed by atoms with Crippen molar-refractivity contribution in [3.63, 3.8) is 0 Å². The Morgan fingerprint density at radius 3 is 2.48 bits per heavy atom. The molecule has 2 aromatic carbocycles. The number of hydrogen-bond acceptors (Lipinski definition) is 2. The Bertz CT molecular complexity index is 806. The van der Waals surface area contributed by atoms with Gasteiger partial charge < -0.3 is 10.2 Å². The summed E-state index contributed by atoms with van der Waals surface area (Å²) in [5.41, 5.74) is 1.49. The van der Waals surface area contributed by atoms with Crippen molar-refractivity contribution < 1.29 is 18.4 Å². The highest BCUT2D eigenvalue weighted by Crippen LogP contribution is 2.30. The topological polar surface area (TPSA) is 49.4 Å². The lowest BCUT2D eigenvalue weighted by Crippen LogP contribution is -2.39. The minimum Gasteiger partial charge on any atom is -0.346 e. The maximum Gasteiger partial charge on any atom is 0.228 e. The van der Waals surface area contributed by atoms with E-state index in [1.165, 1.54) is 42.5 Å². The zero-order valence-corrected chi connectivity index (χ0v) is 13.8. The van der Waals surface area contributed by atoms with Gasteiger partial charge in [-0.15, -0.1) is 0 Å². The molecular formula is C19H18F2N2O2. The van der Waals surface area contributed by atoms with Crippen LogP contribution in [0.1, 0.15) is 12.8 Å². The number of amides is 2. The molecule has 6 heteroatoms. The minimum atomic E-state index is -0.452. The maximum atomic E-state index is 13.7. The number of benzene rings is 2. The zero-order chi connectivity index (χ0) is 18.0. The van der Waals surface area contributed by atoms with E-state index in [4.69, 9.17) is 0 Å². The Morgan fingerprint density at radius 2 is 1.80 bits per heavy atom. The van der Waals surface area contributed by atoms with Crippen LogP contribution in [0.2, 0.25) is 0 Å². The molecule has 2 aromatic rings. The summed E-state index contributed by atoms with van der Waals surface area (Å²) in [5.74, 6) is -1.59. The van der Waals surface area contributed by atoms with Gasteiger partial charge in [0.2, 0.25) is 11.8 Å². The van der Waals surface area contributed by atoms with Gasteiger partial charge in [0.05, 0.1) is 0 Å². The predicted octanol–water partition coefficient (Wildman–Crippen LogP) is 3.44. The highest BCUT2D eigenvalue weighted by atomic mass is 19.1. The van der Waals surface area contributed by atoms with Crippen LogP contribution < -0.4 is 5.32 Å². The number of hydrogen-bond donors (Lipinski definition) is 1. The van der Waals surface area contributed by atoms with Crippen LogP contribution in [0, 0.1) is 17.6 Å². The molecule has 0 aliphatic carbocycles. The first-order chi connectivity index (χ1) is 11.9. The second-order valence-corrected chi connectivity index (χ2v) is 6.19. The molecule has 1 aliphatic rings. The van der Waals surface area contributed by atoms with E-state index in [-0.39, 0.29) is 18.2 Å². The molecule has 0 unspecified atom stereocenters. The average Bonchev–Trinajstić information content (AvgIpc) is 2.59. The molecule has 2 amide bonds. The minimum absolute atomic E-state index is 0.0655. The van der Waals surface area contributed by atoms with Crippen LogP contribution in [0.15, 0.2) is 42.5 Å². The van der Waals surface area contributed by atoms with Gasteiger partial charge in [-0.1, -0.05) is 12.1 Å². The summed E-state index contributed by atoms with van der Waals surface area (Å²) in [6.45, 7) is 0.533. The number of carbonyl (C=O) groups excluding carboxylic acids is 2. The summed E-state index contributed by atoms with van der Waals surface area (Å²) in [6, 6.07) is 9.63. The van der Waals surface area contributed by atoms with Gasteiger partial charge in [-0.25, -0.2) is 8.78 Å². The predicted molar refractivity (Wildman–Crippen MR) is 90.8 cm³/mol. The Balaban J connectivity index is 1.84. The van der Waals surface area contributed by atoms with Crippen molar-refractivity contribution in [1.29, 1.82) is 0 Å². The van der Waals surface area contributed by atoms with E-state index >= 15 is 0 Å². The standard InChI is InChI=1S/C19H18F2N2O2/c1-23-9-8-13(10-18(23)24)19(25)22-17-7-6-15(21)11-16(17)12-2-4-14(20)5-3-12/h2-7,11,13H,8-10H2,1H3,(H,22,25)/t13-/m1/s1. The van der Waals surface area contributed by atoms with Gasteiger partial charge in [-0.3, -0.25) is 9.59 Å². The van der Waals surface area contributed by atoms with Crippen LogP contribution in [-0.4, -0.2) is 30.3 Å². The van der Waals surface area contributed by atoms with Crippen molar-refractivity contribution in [2.75, 3.05) is 18.9 Å². The SMILES string of the molecule is CN1CC[C@@H](C(=O)Nc2ccc(F)cc2-c2ccc(F)cc2)CC1=O. The molecule has 0 saturated carbocycles. The summed E-state index contributed by atoms with van der Waals surface area (Å²) in [4.78, 5) is 25.9. The van der Waals surface area contributed by atoms with E-state index in [9.17, 15) is 18.4 Å². The number of piperidine rings is 1. The molecule has 1 heterocycles. The molecule has 0 bridgehead atoms. The molecule has 0 spiro atoms. The molecule has 0 aromatic heterocycles. The van der Waals surface area contributed by atoms with E-state index < -0.39 is 17.6 Å². The Hall–Kier alpha value is -2.76. The summed E-state index contributed by atoms with van der Waals surface area (Å²) < 4.78 is 26.8. The molecule has 25 heavy (non-hydrogen) atoms. The molecule has 0 radical (unpaired) electrons. The average molecular weight is 344 g/mol. The maximum absolute atomic E-state index is 13.7. The first-order valence-electron chi connectivity index (χ1n) is 8.04. The third-order valence-electron chi connectivity index (χ3n) is 4.43. The smallest absolute Gasteiger partial charge is 0.228 e. The number of rotatable bonds is 3. The summed E-state index contributed by atoms with van der Waals surface area (Å²) in [6.07, 6.45) is 0.747. The second kappa shape index (κ2) is 7.01. The lowest BCUT2D eigenvalue weighted by atomic mass is 9.95. The van der Waals surface area contributed by atoms with Gasteiger partial charge in [0.25, 0.3) is 0 Å². The molecule has 1 saturated heterocycles. The molecule has 130 valence electrons. The fourth-order valence-electron chi connectivity index (χ4n) is 2.90. The van der Waals surface area contributed by atoms with Crippen LogP contribution in [0.4, 0.5) is 14.5 Å². The molecular weight excluding hydrogens is 326 g/mol. The first-order valence-corrected chi connectivity index (χ1v) is 8.04. The lowest BCUT2D eigenvalue weighted by molar-refractivity contribution is -0.137. The van der Waals surface area contributed by atoms with E-state index in [2.05, 4.69) is 5.32 Å². The Kier molecular flexibility index (Phi) is 4.79. The van der Waals surface area contributed by atoms with E-state index in [0.717, 1.165) is 0 Å². The summed E-state index contributed by atoms with van der Waals surface area (Å²) >= 11 is 0. The fourth-order valence-corrected chi connectivity index (χ4v) is 2.90. The number of halogens is 2. The molecule has 1 N–H and O–H groups in total. The van der Waals surface area contributed by atoms with Crippen LogP contribution in [0.5, 0.6) is 0 Å². The van der Waals surface area contributed by atoms with E-state index in [0.29, 0.717) is 29.8 Å². The highest BCUT2D eigenvalue weighted by Gasteiger charge is 2.29. The zero-order valence-electron chi connectivity index (χ0n) is 13.8. The van der Waals surface area contributed by atoms with Crippen molar-refractivity contribution in [2.45, 2.75) is 12.8 Å². The highest BCUT2D eigenvalue weighted by molar-refractivity contribution is 5.98. The van der Waals surface area contributed by atoms with Crippen LogP contribution >= 0.6 is 0 Å². The van der Waals surface area contributed by atoms with Crippen LogP contribution in [0.3, 0.4) is 0 Å². The molecule has 4 nitrogen and oxygen atoms in total. The van der Waals surface area contributed by atoms with Crippen molar-refractivity contribution >= 4 is 17.5 Å². The number of nitrogens with one attached hydrogen (secondary N) is 1. The van der Waals surface area contributed by atoms with Gasteiger partial charge in [-0.05, 0) is 42.3 Å². The Morgan fingerprint density at radius 1 is 1.12 bits per heavy atom. The van der Waals surface area contributed by atoms with Crippen molar-refractivity contribution in [2.24, 2.45) is 5.92 Å². The molecule has 1 aliphatic heterocycles. The molecule has 3 rings (SSSR count). The lowest BCUT2D eigenvalue weighted by Gasteiger charge is -2.28. The van der Waals surface area contributed by atoms with E-state index in [1.54, 1.807) is 11.9 Å². The second-order valence-electron chi connectivity index (χ2n) is 6.19. The largest absolute Gasteiger partial charge is 0.346 e. The monoisotopic (exact) mass is 344 g/mol. The van der Waals surface area contributed by atoms with Crippen molar-refractivity contribution in [3.05, 3.63) is 54.1 Å². The van der Waals surface area contributed by atoms with Crippen LogP contribution in [0.25, 0.3) is 11.1 Å². The van der Waals surface area contributed by atoms with Gasteiger partial charge in [0.1, 0.15) is 11.6 Å². The van der Waals surface area contributed by atoms with Gasteiger partial charge in [-0.2, -0.15) is 0 Å². The Labute approximate surface area is 144 Å². The van der Waals surface area contributed by atoms with Gasteiger partial charge in [0.15, 0.2) is 0 Å². The number of anilines is 1. The van der Waals surface area contributed by atoms with Gasteiger partial charge >= 0.3 is 0 Å². The first kappa shape index (κ1) is 17.1. The summed E-state index contributed by atoms with van der Waals surface area (Å²) in [7, 11) is 1.71. The quantitative estimate of drug-likeness (QED) is 0.927. The van der Waals surface area contributed by atoms with Gasteiger partial charge in [0, 0.05) is 37.2 Å². The summed E-state index contributed by atoms with van der Waals surface area (Å²) in [5, 5.41) is 2.79. The molecule has 1 fully saturated rings. The van der Waals surface area contributed by atoms with Crippen molar-refractivity contribution in [1.82, 2.24) is 4.90 Å². The van der Waals surface area contributed by atoms with Crippen LogP contribution in [-0.2, 0) is 9.59 Å². The number of likely N-dealkylation sites (tertiary alicyclic amines) is 1. The fraction of sp³-hybridized carbons (Fsp3) is 0.263. The normalized spacial score (nSPS) is 17.5. The number of carbonyl (C=O) groups is 2. The number of nitrogens with zero attached hydrogens (tertiary/aromatic N) is 1. The van der Waals surface area contributed by atoms with E-state index in [1.807, 2.05) is 0 Å². The molecule has 1 atom stereocenters. The van der Waals surface area contributed by atoms with Crippen molar-refractivity contribution in [3.8, 4) is 11.1 Å². The third-order valence-corrected chi connectivity index (χ3v) is 4.43. The third kappa shape index (κ3) is 3.84.